The highest BCUT2D eigenvalue weighted by Gasteiger charge is 2.29. The van der Waals surface area contributed by atoms with Crippen LogP contribution in [0.5, 0.6) is 0 Å². The van der Waals surface area contributed by atoms with E-state index in [0.29, 0.717) is 6.04 Å². The van der Waals surface area contributed by atoms with E-state index >= 15 is 0 Å². The molecule has 1 unspecified atom stereocenters. The van der Waals surface area contributed by atoms with Crippen molar-refractivity contribution in [3.63, 3.8) is 0 Å². The van der Waals surface area contributed by atoms with Crippen molar-refractivity contribution in [1.29, 1.82) is 0 Å². The summed E-state index contributed by atoms with van der Waals surface area (Å²) in [4.78, 5) is 1.65. The van der Waals surface area contributed by atoms with Crippen molar-refractivity contribution in [2.75, 3.05) is 6.54 Å². The summed E-state index contributed by atoms with van der Waals surface area (Å²) >= 11 is 1.96. The number of hydrogen-bond donors (Lipinski definition) is 1. The van der Waals surface area contributed by atoms with Crippen LogP contribution in [0.15, 0.2) is 11.4 Å². The predicted molar refractivity (Wildman–Crippen MR) is 65.3 cm³/mol. The Balaban J connectivity index is 1.82. The molecule has 2 heteroatoms. The first-order valence-corrected chi connectivity index (χ1v) is 7.13. The summed E-state index contributed by atoms with van der Waals surface area (Å²) in [6, 6.07) is 3.02. The van der Waals surface area contributed by atoms with Gasteiger partial charge in [-0.1, -0.05) is 19.3 Å². The Morgan fingerprint density at radius 2 is 2.07 bits per heavy atom. The van der Waals surface area contributed by atoms with Crippen molar-refractivity contribution in [2.24, 2.45) is 5.92 Å². The molecule has 1 nitrogen and oxygen atoms in total. The lowest BCUT2D eigenvalue weighted by atomic mass is 9.81. The molecule has 15 heavy (non-hydrogen) atoms. The number of nitrogens with one attached hydrogen (secondary N) is 1. The molecule has 1 aliphatic heterocycles. The molecule has 2 heterocycles. The summed E-state index contributed by atoms with van der Waals surface area (Å²) in [5.41, 5.74) is 1.62. The largest absolute Gasteiger partial charge is 0.309 e. The smallest absolute Gasteiger partial charge is 0.0446 e. The van der Waals surface area contributed by atoms with Crippen molar-refractivity contribution in [3.05, 3.63) is 21.9 Å². The molecule has 0 bridgehead atoms. The van der Waals surface area contributed by atoms with Gasteiger partial charge in [-0.2, -0.15) is 0 Å². The number of rotatable bonds is 1. The average molecular weight is 221 g/mol. The Hall–Kier alpha value is -0.340. The van der Waals surface area contributed by atoms with Gasteiger partial charge in [0.2, 0.25) is 0 Å². The second-order valence-corrected chi connectivity index (χ2v) is 5.84. The highest BCUT2D eigenvalue weighted by Crippen LogP contribution is 2.39. The molecular formula is C13H19NS. The van der Waals surface area contributed by atoms with Crippen molar-refractivity contribution in [3.8, 4) is 0 Å². The van der Waals surface area contributed by atoms with Gasteiger partial charge in [0.25, 0.3) is 0 Å². The molecule has 0 spiro atoms. The minimum absolute atomic E-state index is 0.689. The van der Waals surface area contributed by atoms with Crippen LogP contribution >= 0.6 is 11.3 Å². The quantitative estimate of drug-likeness (QED) is 0.765. The molecule has 0 saturated heterocycles. The van der Waals surface area contributed by atoms with Crippen LogP contribution in [-0.4, -0.2) is 6.54 Å². The first-order chi connectivity index (χ1) is 7.45. The highest BCUT2D eigenvalue weighted by atomic mass is 32.1. The first kappa shape index (κ1) is 9.86. The van der Waals surface area contributed by atoms with Crippen molar-refractivity contribution in [2.45, 2.75) is 44.6 Å². The normalized spacial score (nSPS) is 27.6. The summed E-state index contributed by atoms with van der Waals surface area (Å²) < 4.78 is 0. The zero-order chi connectivity index (χ0) is 10.1. The van der Waals surface area contributed by atoms with Crippen LogP contribution in [-0.2, 0) is 6.42 Å². The average Bonchev–Trinajstić information content (AvgIpc) is 2.78. The molecule has 1 atom stereocenters. The predicted octanol–water partition coefficient (Wildman–Crippen LogP) is 3.52. The van der Waals surface area contributed by atoms with E-state index in [-0.39, 0.29) is 0 Å². The molecule has 0 radical (unpaired) electrons. The molecule has 2 aliphatic rings. The van der Waals surface area contributed by atoms with Gasteiger partial charge in [-0.3, -0.25) is 0 Å². The third-order valence-corrected chi connectivity index (χ3v) is 4.99. The minimum Gasteiger partial charge on any atom is -0.309 e. The minimum atomic E-state index is 0.689. The van der Waals surface area contributed by atoms with Crippen LogP contribution in [0.1, 0.15) is 48.6 Å². The molecule has 1 aliphatic carbocycles. The fourth-order valence-electron chi connectivity index (χ4n) is 3.13. The van der Waals surface area contributed by atoms with Gasteiger partial charge in [0.05, 0.1) is 0 Å². The first-order valence-electron chi connectivity index (χ1n) is 6.25. The number of hydrogen-bond acceptors (Lipinski definition) is 2. The van der Waals surface area contributed by atoms with E-state index in [1.54, 1.807) is 10.4 Å². The van der Waals surface area contributed by atoms with Crippen LogP contribution in [0.4, 0.5) is 0 Å². The maximum Gasteiger partial charge on any atom is 0.0446 e. The Morgan fingerprint density at radius 3 is 2.93 bits per heavy atom. The van der Waals surface area contributed by atoms with E-state index in [2.05, 4.69) is 16.8 Å². The number of thiophene rings is 1. The molecule has 3 rings (SSSR count). The van der Waals surface area contributed by atoms with Crippen LogP contribution in [0.25, 0.3) is 0 Å². The van der Waals surface area contributed by atoms with Gasteiger partial charge < -0.3 is 5.32 Å². The molecule has 1 saturated carbocycles. The standard InChI is InChI=1S/C13H19NS/c1-2-4-10(5-3-1)12-13-11(6-8-14-12)7-9-15-13/h7,9-10,12,14H,1-6,8H2. The lowest BCUT2D eigenvalue weighted by Crippen LogP contribution is -2.34. The fourth-order valence-corrected chi connectivity index (χ4v) is 4.25. The van der Waals surface area contributed by atoms with Crippen LogP contribution in [0.3, 0.4) is 0 Å². The lowest BCUT2D eigenvalue weighted by Gasteiger charge is -2.33. The molecule has 1 N–H and O–H groups in total. The van der Waals surface area contributed by atoms with Gasteiger partial charge in [0.15, 0.2) is 0 Å². The van der Waals surface area contributed by atoms with Gasteiger partial charge in [-0.25, -0.2) is 0 Å². The Kier molecular flexibility index (Phi) is 2.80. The van der Waals surface area contributed by atoms with Gasteiger partial charge in [-0.15, -0.1) is 11.3 Å². The van der Waals surface area contributed by atoms with E-state index < -0.39 is 0 Å². The van der Waals surface area contributed by atoms with Gasteiger partial charge in [0, 0.05) is 10.9 Å². The second-order valence-electron chi connectivity index (χ2n) is 4.89. The summed E-state index contributed by atoms with van der Waals surface area (Å²) in [5, 5.41) is 6.01. The SMILES string of the molecule is c1cc2c(s1)C(C1CCCCC1)NCC2. The molecular weight excluding hydrogens is 202 g/mol. The van der Waals surface area contributed by atoms with Crippen LogP contribution in [0, 0.1) is 5.92 Å². The third-order valence-electron chi connectivity index (χ3n) is 3.94. The molecule has 1 aromatic rings. The third kappa shape index (κ3) is 1.85. The van der Waals surface area contributed by atoms with E-state index in [1.165, 1.54) is 45.1 Å². The van der Waals surface area contributed by atoms with E-state index in [1.807, 2.05) is 11.3 Å². The summed E-state index contributed by atoms with van der Waals surface area (Å²) in [6.07, 6.45) is 8.47. The van der Waals surface area contributed by atoms with Crippen LogP contribution < -0.4 is 5.32 Å². The molecule has 1 aromatic heterocycles. The van der Waals surface area contributed by atoms with Gasteiger partial charge in [-0.05, 0) is 48.7 Å². The summed E-state index contributed by atoms with van der Waals surface area (Å²) in [7, 11) is 0. The molecule has 82 valence electrons. The molecule has 0 aromatic carbocycles. The monoisotopic (exact) mass is 221 g/mol. The van der Waals surface area contributed by atoms with E-state index in [4.69, 9.17) is 0 Å². The van der Waals surface area contributed by atoms with E-state index in [9.17, 15) is 0 Å². The van der Waals surface area contributed by atoms with E-state index in [0.717, 1.165) is 5.92 Å². The topological polar surface area (TPSA) is 12.0 Å². The van der Waals surface area contributed by atoms with Crippen molar-refractivity contribution in [1.82, 2.24) is 5.32 Å². The van der Waals surface area contributed by atoms with Gasteiger partial charge in [0.1, 0.15) is 0 Å². The summed E-state index contributed by atoms with van der Waals surface area (Å²) in [5.74, 6) is 0.913. The lowest BCUT2D eigenvalue weighted by molar-refractivity contribution is 0.268. The Labute approximate surface area is 95.9 Å². The second kappa shape index (κ2) is 4.26. The molecule has 0 amide bonds. The Bertz CT molecular complexity index is 325. The molecule has 1 fully saturated rings. The van der Waals surface area contributed by atoms with Gasteiger partial charge >= 0.3 is 0 Å². The maximum atomic E-state index is 3.74. The van der Waals surface area contributed by atoms with Crippen molar-refractivity contribution < 1.29 is 0 Å². The summed E-state index contributed by atoms with van der Waals surface area (Å²) in [6.45, 7) is 1.19. The maximum absolute atomic E-state index is 3.74. The zero-order valence-corrected chi connectivity index (χ0v) is 9.98. The fraction of sp³-hybridized carbons (Fsp3) is 0.692. The highest BCUT2D eigenvalue weighted by molar-refractivity contribution is 7.10. The number of fused-ring (bicyclic) bond motifs is 1. The van der Waals surface area contributed by atoms with Crippen LogP contribution in [0.2, 0.25) is 0 Å². The van der Waals surface area contributed by atoms with Crippen molar-refractivity contribution >= 4 is 11.3 Å². The zero-order valence-electron chi connectivity index (χ0n) is 9.17. The Morgan fingerprint density at radius 1 is 1.20 bits per heavy atom.